The Kier molecular flexibility index (Phi) is 3.04. The monoisotopic (exact) mass is 284 g/mol. The van der Waals surface area contributed by atoms with Gasteiger partial charge in [0.1, 0.15) is 11.5 Å². The molecule has 0 bridgehead atoms. The van der Waals surface area contributed by atoms with Gasteiger partial charge >= 0.3 is 0 Å². The predicted molar refractivity (Wildman–Crippen MR) is 79.7 cm³/mol. The molecule has 0 radical (unpaired) electrons. The number of benzene rings is 2. The van der Waals surface area contributed by atoms with Gasteiger partial charge in [0.05, 0.1) is 11.4 Å². The average Bonchev–Trinajstić information content (AvgIpc) is 2.82. The van der Waals surface area contributed by atoms with Crippen LogP contribution in [0.25, 0.3) is 16.9 Å². The summed E-state index contributed by atoms with van der Waals surface area (Å²) in [5.41, 5.74) is 2.56. The zero-order chi connectivity index (χ0) is 14.1. The predicted octanol–water partition coefficient (Wildman–Crippen LogP) is 3.61. The summed E-state index contributed by atoms with van der Waals surface area (Å²) in [4.78, 5) is 3.11. The van der Waals surface area contributed by atoms with E-state index in [2.05, 4.69) is 4.98 Å². The maximum Gasteiger partial charge on any atom is 0.182 e. The molecule has 4 nitrogen and oxygen atoms in total. The lowest BCUT2D eigenvalue weighted by Crippen LogP contribution is -1.90. The van der Waals surface area contributed by atoms with Crippen LogP contribution in [-0.2, 0) is 0 Å². The Morgan fingerprint density at radius 1 is 0.950 bits per heavy atom. The van der Waals surface area contributed by atoms with E-state index in [0.29, 0.717) is 4.77 Å². The van der Waals surface area contributed by atoms with Gasteiger partial charge < -0.3 is 15.2 Å². The second-order valence-corrected chi connectivity index (χ2v) is 4.80. The van der Waals surface area contributed by atoms with E-state index in [1.54, 1.807) is 34.9 Å². The molecule has 0 aliphatic rings. The van der Waals surface area contributed by atoms with Gasteiger partial charge in [-0.3, -0.25) is 4.57 Å². The number of hydrogen-bond acceptors (Lipinski definition) is 3. The Bertz CT molecular complexity index is 803. The summed E-state index contributed by atoms with van der Waals surface area (Å²) in [5.74, 6) is 0.413. The number of nitrogens with zero attached hydrogens (tertiary/aromatic N) is 1. The van der Waals surface area contributed by atoms with Crippen molar-refractivity contribution in [3.05, 3.63) is 59.5 Å². The number of aromatic amines is 1. The van der Waals surface area contributed by atoms with Crippen molar-refractivity contribution < 1.29 is 10.2 Å². The molecule has 0 saturated carbocycles. The van der Waals surface area contributed by atoms with Gasteiger partial charge in [0, 0.05) is 12.3 Å². The number of nitrogens with one attached hydrogen (secondary N) is 1. The van der Waals surface area contributed by atoms with Crippen molar-refractivity contribution in [2.75, 3.05) is 0 Å². The highest BCUT2D eigenvalue weighted by Gasteiger charge is 2.05. The third kappa shape index (κ3) is 2.31. The van der Waals surface area contributed by atoms with Crippen LogP contribution in [0.4, 0.5) is 0 Å². The Morgan fingerprint density at radius 3 is 2.40 bits per heavy atom. The molecule has 0 saturated heterocycles. The van der Waals surface area contributed by atoms with Crippen LogP contribution in [0.2, 0.25) is 0 Å². The minimum atomic E-state index is 0.191. The van der Waals surface area contributed by atoms with Gasteiger partial charge in [0.2, 0.25) is 0 Å². The molecule has 3 rings (SSSR count). The second kappa shape index (κ2) is 4.86. The zero-order valence-electron chi connectivity index (χ0n) is 10.4. The summed E-state index contributed by atoms with van der Waals surface area (Å²) >= 11 is 5.30. The summed E-state index contributed by atoms with van der Waals surface area (Å²) in [6, 6.07) is 13.7. The van der Waals surface area contributed by atoms with Crippen molar-refractivity contribution in [1.82, 2.24) is 9.55 Å². The van der Waals surface area contributed by atoms with Crippen molar-refractivity contribution in [3.8, 4) is 28.4 Å². The van der Waals surface area contributed by atoms with Crippen LogP contribution in [0.15, 0.2) is 54.7 Å². The molecule has 0 atom stereocenters. The van der Waals surface area contributed by atoms with Crippen LogP contribution in [0.1, 0.15) is 0 Å². The lowest BCUT2D eigenvalue weighted by molar-refractivity contribution is 0.474. The Labute approximate surface area is 120 Å². The third-order valence-electron chi connectivity index (χ3n) is 3.00. The van der Waals surface area contributed by atoms with Crippen LogP contribution in [-0.4, -0.2) is 19.8 Å². The molecule has 100 valence electrons. The number of imidazole rings is 1. The topological polar surface area (TPSA) is 61.2 Å². The van der Waals surface area contributed by atoms with E-state index in [-0.39, 0.29) is 11.5 Å². The average molecular weight is 284 g/mol. The van der Waals surface area contributed by atoms with Gasteiger partial charge in [-0.15, -0.1) is 0 Å². The van der Waals surface area contributed by atoms with Crippen molar-refractivity contribution in [3.63, 3.8) is 0 Å². The molecule has 20 heavy (non-hydrogen) atoms. The highest BCUT2D eigenvalue weighted by molar-refractivity contribution is 7.71. The first-order valence-corrected chi connectivity index (χ1v) is 6.45. The number of aromatic hydroxyl groups is 2. The fourth-order valence-corrected chi connectivity index (χ4v) is 2.29. The number of rotatable bonds is 2. The van der Waals surface area contributed by atoms with Gasteiger partial charge in [-0.1, -0.05) is 6.07 Å². The summed E-state index contributed by atoms with van der Waals surface area (Å²) < 4.78 is 2.33. The summed E-state index contributed by atoms with van der Waals surface area (Å²) in [6.45, 7) is 0. The van der Waals surface area contributed by atoms with Crippen LogP contribution in [0.5, 0.6) is 11.5 Å². The molecule has 0 aliphatic heterocycles. The summed E-state index contributed by atoms with van der Waals surface area (Å²) in [6.07, 6.45) is 1.86. The first-order chi connectivity index (χ1) is 9.63. The van der Waals surface area contributed by atoms with Crippen LogP contribution in [0.3, 0.4) is 0 Å². The van der Waals surface area contributed by atoms with Gasteiger partial charge in [-0.05, 0) is 54.2 Å². The van der Waals surface area contributed by atoms with Gasteiger partial charge in [0.25, 0.3) is 0 Å². The molecule has 0 unspecified atom stereocenters. The molecule has 3 aromatic rings. The quantitative estimate of drug-likeness (QED) is 0.630. The number of hydrogen-bond donors (Lipinski definition) is 3. The van der Waals surface area contributed by atoms with Gasteiger partial charge in [-0.25, -0.2) is 0 Å². The number of H-pyrrole nitrogens is 1. The van der Waals surface area contributed by atoms with E-state index >= 15 is 0 Å². The summed E-state index contributed by atoms with van der Waals surface area (Å²) in [7, 11) is 0. The van der Waals surface area contributed by atoms with Crippen LogP contribution >= 0.6 is 12.2 Å². The zero-order valence-corrected chi connectivity index (χ0v) is 11.3. The molecule has 3 N–H and O–H groups in total. The lowest BCUT2D eigenvalue weighted by atomic mass is 10.2. The molecule has 0 spiro atoms. The lowest BCUT2D eigenvalue weighted by Gasteiger charge is -2.02. The first kappa shape index (κ1) is 12.5. The fraction of sp³-hybridized carbons (Fsp3) is 0. The Hall–Kier alpha value is -2.53. The van der Waals surface area contributed by atoms with Crippen LogP contribution in [0, 0.1) is 4.77 Å². The molecular weight excluding hydrogens is 272 g/mol. The fourth-order valence-electron chi connectivity index (χ4n) is 2.02. The third-order valence-corrected chi connectivity index (χ3v) is 3.30. The second-order valence-electron chi connectivity index (χ2n) is 4.41. The van der Waals surface area contributed by atoms with Crippen molar-refractivity contribution in [2.45, 2.75) is 0 Å². The van der Waals surface area contributed by atoms with E-state index in [0.717, 1.165) is 16.9 Å². The molecule has 2 aromatic carbocycles. The highest BCUT2D eigenvalue weighted by Crippen LogP contribution is 2.23. The molecule has 0 aliphatic carbocycles. The van der Waals surface area contributed by atoms with Gasteiger partial charge in [0.15, 0.2) is 4.77 Å². The van der Waals surface area contributed by atoms with Crippen molar-refractivity contribution in [1.29, 1.82) is 0 Å². The Balaban J connectivity index is 2.07. The minimum absolute atomic E-state index is 0.191. The minimum Gasteiger partial charge on any atom is -0.508 e. The maximum absolute atomic E-state index is 9.53. The number of aromatic nitrogens is 2. The van der Waals surface area contributed by atoms with Crippen molar-refractivity contribution in [2.24, 2.45) is 0 Å². The largest absolute Gasteiger partial charge is 0.508 e. The molecule has 1 heterocycles. The molecular formula is C15H12N2O2S. The normalized spacial score (nSPS) is 10.6. The molecule has 5 heteroatoms. The first-order valence-electron chi connectivity index (χ1n) is 6.04. The standard InChI is InChI=1S/C15H12N2O2S/c18-12-6-4-10(5-7-12)14-9-17(15(20)16-14)11-2-1-3-13(19)8-11/h1-9,18-19H,(H,16,20). The van der Waals surface area contributed by atoms with Crippen molar-refractivity contribution >= 4 is 12.2 Å². The SMILES string of the molecule is Oc1ccc(-c2cn(-c3cccc(O)c3)c(=S)[nH]2)cc1. The number of phenols is 2. The number of phenolic OH excluding ortho intramolecular Hbond substituents is 2. The van der Waals surface area contributed by atoms with E-state index in [4.69, 9.17) is 12.2 Å². The van der Waals surface area contributed by atoms with E-state index < -0.39 is 0 Å². The van der Waals surface area contributed by atoms with E-state index in [1.165, 1.54) is 0 Å². The smallest absolute Gasteiger partial charge is 0.182 e. The molecule has 0 fully saturated rings. The molecule has 1 aromatic heterocycles. The highest BCUT2D eigenvalue weighted by atomic mass is 32.1. The van der Waals surface area contributed by atoms with Crippen LogP contribution < -0.4 is 0 Å². The maximum atomic E-state index is 9.53. The van der Waals surface area contributed by atoms with E-state index in [1.807, 2.05) is 24.4 Å². The van der Waals surface area contributed by atoms with Gasteiger partial charge in [-0.2, -0.15) is 0 Å². The molecule has 0 amide bonds. The summed E-state index contributed by atoms with van der Waals surface area (Å²) in [5, 5.41) is 18.8. The van der Waals surface area contributed by atoms with E-state index in [9.17, 15) is 10.2 Å². The Morgan fingerprint density at radius 2 is 1.70 bits per heavy atom.